The molecule has 2 saturated heterocycles. The first-order valence-electron chi connectivity index (χ1n) is 11.2. The second kappa shape index (κ2) is 8.81. The number of pyridine rings is 1. The Morgan fingerprint density at radius 2 is 1.97 bits per heavy atom. The summed E-state index contributed by atoms with van der Waals surface area (Å²) in [4.78, 5) is 26.2. The van der Waals surface area contributed by atoms with E-state index >= 15 is 0 Å². The number of carbonyl (C=O) groups excluding carboxylic acids is 1. The SMILES string of the molecule is O=C(CN1CCC(c2nc(-c3ccccn3)no2)CC1)N1CCOC2CCCCC21. The van der Waals surface area contributed by atoms with Gasteiger partial charge in [0.2, 0.25) is 17.6 Å². The molecule has 2 aliphatic heterocycles. The number of hydrogen-bond donors (Lipinski definition) is 0. The number of likely N-dealkylation sites (tertiary alicyclic amines) is 1. The normalized spacial score (nSPS) is 25.8. The van der Waals surface area contributed by atoms with Gasteiger partial charge >= 0.3 is 0 Å². The Hall–Kier alpha value is -2.32. The summed E-state index contributed by atoms with van der Waals surface area (Å²) in [5.41, 5.74) is 0.724. The topological polar surface area (TPSA) is 84.6 Å². The van der Waals surface area contributed by atoms with Crippen LogP contribution in [0.2, 0.25) is 0 Å². The van der Waals surface area contributed by atoms with Gasteiger partial charge in [0.25, 0.3) is 0 Å². The van der Waals surface area contributed by atoms with Gasteiger partial charge in [-0.2, -0.15) is 4.98 Å². The first-order valence-corrected chi connectivity index (χ1v) is 11.2. The maximum Gasteiger partial charge on any atom is 0.237 e. The lowest BCUT2D eigenvalue weighted by atomic mass is 9.90. The minimum atomic E-state index is 0.243. The van der Waals surface area contributed by atoms with E-state index in [1.807, 2.05) is 18.2 Å². The van der Waals surface area contributed by atoms with Gasteiger partial charge in [0.05, 0.1) is 25.3 Å². The van der Waals surface area contributed by atoms with Crippen molar-refractivity contribution in [3.05, 3.63) is 30.3 Å². The number of piperidine rings is 1. The Morgan fingerprint density at radius 3 is 2.80 bits per heavy atom. The minimum absolute atomic E-state index is 0.243. The van der Waals surface area contributed by atoms with Gasteiger partial charge in [-0.15, -0.1) is 0 Å². The average Bonchev–Trinajstić information content (AvgIpc) is 3.30. The number of amides is 1. The number of morpholine rings is 1. The third kappa shape index (κ3) is 4.11. The number of hydrogen-bond acceptors (Lipinski definition) is 7. The molecule has 8 heteroatoms. The molecule has 2 unspecified atom stereocenters. The van der Waals surface area contributed by atoms with Crippen LogP contribution < -0.4 is 0 Å². The Labute approximate surface area is 176 Å². The van der Waals surface area contributed by atoms with Gasteiger partial charge in [-0.25, -0.2) is 0 Å². The molecule has 2 aromatic rings. The van der Waals surface area contributed by atoms with Gasteiger partial charge in [-0.3, -0.25) is 14.7 Å². The molecule has 160 valence electrons. The molecule has 0 spiro atoms. The largest absolute Gasteiger partial charge is 0.374 e. The Kier molecular flexibility index (Phi) is 5.77. The predicted octanol–water partition coefficient (Wildman–Crippen LogP) is 2.48. The number of fused-ring (bicyclic) bond motifs is 1. The van der Waals surface area contributed by atoms with E-state index < -0.39 is 0 Å². The van der Waals surface area contributed by atoms with Crippen LogP contribution in [0.15, 0.2) is 28.9 Å². The molecule has 2 atom stereocenters. The van der Waals surface area contributed by atoms with Crippen LogP contribution in [-0.2, 0) is 9.53 Å². The van der Waals surface area contributed by atoms with Crippen LogP contribution >= 0.6 is 0 Å². The molecule has 0 bridgehead atoms. The van der Waals surface area contributed by atoms with Crippen molar-refractivity contribution in [3.63, 3.8) is 0 Å². The van der Waals surface area contributed by atoms with Gasteiger partial charge in [0.1, 0.15) is 5.69 Å². The molecule has 1 saturated carbocycles. The van der Waals surface area contributed by atoms with Crippen molar-refractivity contribution >= 4 is 5.91 Å². The molecule has 1 aliphatic carbocycles. The third-order valence-corrected chi connectivity index (χ3v) is 6.68. The van der Waals surface area contributed by atoms with Gasteiger partial charge in [0, 0.05) is 18.7 Å². The maximum atomic E-state index is 13.0. The summed E-state index contributed by atoms with van der Waals surface area (Å²) in [6, 6.07) is 5.94. The van der Waals surface area contributed by atoms with Crippen LogP contribution in [0, 0.1) is 0 Å². The summed E-state index contributed by atoms with van der Waals surface area (Å²) in [6.45, 7) is 3.64. The van der Waals surface area contributed by atoms with Crippen LogP contribution in [0.4, 0.5) is 0 Å². The van der Waals surface area contributed by atoms with Crippen molar-refractivity contribution in [2.75, 3.05) is 32.8 Å². The summed E-state index contributed by atoms with van der Waals surface area (Å²) in [5, 5.41) is 4.09. The number of nitrogens with zero attached hydrogens (tertiary/aromatic N) is 5. The fraction of sp³-hybridized carbons (Fsp3) is 0.636. The van der Waals surface area contributed by atoms with Crippen LogP contribution in [0.25, 0.3) is 11.5 Å². The van der Waals surface area contributed by atoms with E-state index in [1.165, 1.54) is 12.8 Å². The second-order valence-corrected chi connectivity index (χ2v) is 8.57. The molecule has 3 aliphatic rings. The smallest absolute Gasteiger partial charge is 0.237 e. The monoisotopic (exact) mass is 411 g/mol. The third-order valence-electron chi connectivity index (χ3n) is 6.68. The van der Waals surface area contributed by atoms with Gasteiger partial charge in [-0.05, 0) is 50.9 Å². The van der Waals surface area contributed by atoms with E-state index in [9.17, 15) is 4.79 Å². The zero-order chi connectivity index (χ0) is 20.3. The minimum Gasteiger partial charge on any atom is -0.374 e. The molecule has 8 nitrogen and oxygen atoms in total. The number of aromatic nitrogens is 3. The van der Waals surface area contributed by atoms with Crippen molar-refractivity contribution in [1.29, 1.82) is 0 Å². The molecule has 0 radical (unpaired) electrons. The standard InChI is InChI=1S/C22H29N5O3/c28-20(27-13-14-29-19-7-2-1-6-18(19)27)15-26-11-8-16(9-12-26)22-24-21(25-30-22)17-5-3-4-10-23-17/h3-5,10,16,18-19H,1-2,6-9,11-15H2. The molecule has 4 heterocycles. The first kappa shape index (κ1) is 19.6. The summed E-state index contributed by atoms with van der Waals surface area (Å²) in [6.07, 6.45) is 8.40. The molecular weight excluding hydrogens is 382 g/mol. The van der Waals surface area contributed by atoms with E-state index in [1.54, 1.807) is 6.20 Å². The van der Waals surface area contributed by atoms with E-state index in [0.29, 0.717) is 24.9 Å². The Morgan fingerprint density at radius 1 is 1.10 bits per heavy atom. The molecular formula is C22H29N5O3. The van der Waals surface area contributed by atoms with E-state index in [0.717, 1.165) is 51.0 Å². The Balaban J connectivity index is 1.15. The number of ether oxygens (including phenoxy) is 1. The maximum absolute atomic E-state index is 13.0. The summed E-state index contributed by atoms with van der Waals surface area (Å²) >= 11 is 0. The van der Waals surface area contributed by atoms with Gasteiger partial charge in [-0.1, -0.05) is 24.1 Å². The quantitative estimate of drug-likeness (QED) is 0.764. The van der Waals surface area contributed by atoms with Crippen molar-refractivity contribution in [2.24, 2.45) is 0 Å². The van der Waals surface area contributed by atoms with Crippen LogP contribution in [0.1, 0.15) is 50.3 Å². The molecule has 0 N–H and O–H groups in total. The van der Waals surface area contributed by atoms with Crippen molar-refractivity contribution in [3.8, 4) is 11.5 Å². The molecule has 5 rings (SSSR count). The predicted molar refractivity (Wildman–Crippen MR) is 110 cm³/mol. The van der Waals surface area contributed by atoms with Crippen molar-refractivity contribution < 1.29 is 14.1 Å². The highest BCUT2D eigenvalue weighted by Gasteiger charge is 2.37. The molecule has 0 aromatic carbocycles. The van der Waals surface area contributed by atoms with E-state index in [-0.39, 0.29) is 24.0 Å². The highest BCUT2D eigenvalue weighted by molar-refractivity contribution is 5.78. The average molecular weight is 412 g/mol. The molecule has 1 amide bonds. The molecule has 3 fully saturated rings. The van der Waals surface area contributed by atoms with E-state index in [4.69, 9.17) is 9.26 Å². The molecule has 30 heavy (non-hydrogen) atoms. The highest BCUT2D eigenvalue weighted by Crippen LogP contribution is 2.30. The van der Waals surface area contributed by atoms with Crippen molar-refractivity contribution in [1.82, 2.24) is 24.9 Å². The fourth-order valence-corrected chi connectivity index (χ4v) is 5.03. The van der Waals surface area contributed by atoms with Crippen LogP contribution in [0.5, 0.6) is 0 Å². The highest BCUT2D eigenvalue weighted by atomic mass is 16.5. The van der Waals surface area contributed by atoms with E-state index in [2.05, 4.69) is 24.9 Å². The summed E-state index contributed by atoms with van der Waals surface area (Å²) in [5.74, 6) is 1.72. The lowest BCUT2D eigenvalue weighted by Gasteiger charge is -2.44. The second-order valence-electron chi connectivity index (χ2n) is 8.57. The zero-order valence-corrected chi connectivity index (χ0v) is 17.3. The lowest BCUT2D eigenvalue weighted by Crippen LogP contribution is -2.57. The van der Waals surface area contributed by atoms with Gasteiger partial charge < -0.3 is 14.2 Å². The fourth-order valence-electron chi connectivity index (χ4n) is 5.03. The number of rotatable bonds is 4. The molecule has 2 aromatic heterocycles. The number of carbonyl (C=O) groups is 1. The van der Waals surface area contributed by atoms with Gasteiger partial charge in [0.15, 0.2) is 0 Å². The van der Waals surface area contributed by atoms with Crippen LogP contribution in [-0.4, -0.2) is 75.8 Å². The van der Waals surface area contributed by atoms with Crippen molar-refractivity contribution in [2.45, 2.75) is 56.6 Å². The first-order chi connectivity index (χ1) is 14.8. The van der Waals surface area contributed by atoms with Crippen LogP contribution in [0.3, 0.4) is 0 Å². The summed E-state index contributed by atoms with van der Waals surface area (Å²) < 4.78 is 11.4. The lowest BCUT2D eigenvalue weighted by molar-refractivity contribution is -0.150. The Bertz CT molecular complexity index is 847. The summed E-state index contributed by atoms with van der Waals surface area (Å²) in [7, 11) is 0. The zero-order valence-electron chi connectivity index (χ0n) is 17.3.